The summed E-state index contributed by atoms with van der Waals surface area (Å²) in [6.45, 7) is 3.83. The summed E-state index contributed by atoms with van der Waals surface area (Å²) in [5.74, 6) is 0.715. The second-order valence-electron chi connectivity index (χ2n) is 4.59. The lowest BCUT2D eigenvalue weighted by Crippen LogP contribution is -2.40. The van der Waals surface area contributed by atoms with Crippen molar-refractivity contribution in [3.63, 3.8) is 0 Å². The fraction of sp³-hybridized carbons (Fsp3) is 1.00. The van der Waals surface area contributed by atoms with Gasteiger partial charge < -0.3 is 9.84 Å². The highest BCUT2D eigenvalue weighted by atomic mass is 16.5. The van der Waals surface area contributed by atoms with E-state index in [1.807, 2.05) is 13.8 Å². The summed E-state index contributed by atoms with van der Waals surface area (Å²) < 4.78 is 5.18. The van der Waals surface area contributed by atoms with Crippen LogP contribution < -0.4 is 0 Å². The quantitative estimate of drug-likeness (QED) is 0.730. The van der Waals surface area contributed by atoms with E-state index in [0.717, 1.165) is 6.42 Å². The fourth-order valence-electron chi connectivity index (χ4n) is 2.22. The van der Waals surface area contributed by atoms with Gasteiger partial charge in [0.2, 0.25) is 0 Å². The third kappa shape index (κ3) is 2.96. The van der Waals surface area contributed by atoms with Crippen LogP contribution in [-0.4, -0.2) is 23.9 Å². The Morgan fingerprint density at radius 1 is 1.46 bits per heavy atom. The van der Waals surface area contributed by atoms with Gasteiger partial charge in [0.05, 0.1) is 11.7 Å². The van der Waals surface area contributed by atoms with Gasteiger partial charge in [-0.2, -0.15) is 0 Å². The zero-order valence-electron chi connectivity index (χ0n) is 9.05. The Kier molecular flexibility index (Phi) is 3.74. The molecule has 0 saturated heterocycles. The number of hydrogen-bond donors (Lipinski definition) is 1. The summed E-state index contributed by atoms with van der Waals surface area (Å²) in [5, 5.41) is 10.1. The first-order valence-corrected chi connectivity index (χ1v) is 5.31. The van der Waals surface area contributed by atoms with Gasteiger partial charge in [0.25, 0.3) is 0 Å². The highest BCUT2D eigenvalue weighted by Crippen LogP contribution is 2.33. The van der Waals surface area contributed by atoms with E-state index in [1.165, 1.54) is 25.7 Å². The summed E-state index contributed by atoms with van der Waals surface area (Å²) in [6, 6.07) is 0. The maximum atomic E-state index is 10.1. The first-order chi connectivity index (χ1) is 6.06. The van der Waals surface area contributed by atoms with Crippen LogP contribution in [-0.2, 0) is 4.74 Å². The van der Waals surface area contributed by atoms with Crippen molar-refractivity contribution in [2.75, 3.05) is 7.11 Å². The van der Waals surface area contributed by atoms with Gasteiger partial charge in [-0.05, 0) is 26.2 Å². The van der Waals surface area contributed by atoms with Crippen LogP contribution in [0.4, 0.5) is 0 Å². The Labute approximate surface area is 81.3 Å². The van der Waals surface area contributed by atoms with Crippen molar-refractivity contribution in [3.8, 4) is 0 Å². The Bertz CT molecular complexity index is 148. The molecule has 2 unspecified atom stereocenters. The van der Waals surface area contributed by atoms with Gasteiger partial charge in [-0.3, -0.25) is 0 Å². The van der Waals surface area contributed by atoms with Crippen LogP contribution in [0.1, 0.15) is 46.0 Å². The molecule has 0 bridgehead atoms. The molecule has 0 amide bonds. The molecule has 78 valence electrons. The zero-order valence-corrected chi connectivity index (χ0v) is 9.05. The van der Waals surface area contributed by atoms with E-state index in [0.29, 0.717) is 5.92 Å². The molecular formula is C11H22O2. The SMILES string of the molecule is COC(C)C(C)(O)CC1CCCC1. The lowest BCUT2D eigenvalue weighted by molar-refractivity contribution is -0.0848. The lowest BCUT2D eigenvalue weighted by Gasteiger charge is -2.31. The summed E-state index contributed by atoms with van der Waals surface area (Å²) >= 11 is 0. The number of methoxy groups -OCH3 is 1. The maximum Gasteiger partial charge on any atom is 0.0880 e. The van der Waals surface area contributed by atoms with Crippen LogP contribution in [0.3, 0.4) is 0 Å². The Hall–Kier alpha value is -0.0800. The molecule has 2 atom stereocenters. The van der Waals surface area contributed by atoms with Gasteiger partial charge in [0.15, 0.2) is 0 Å². The van der Waals surface area contributed by atoms with Gasteiger partial charge in [-0.15, -0.1) is 0 Å². The van der Waals surface area contributed by atoms with Crippen LogP contribution >= 0.6 is 0 Å². The summed E-state index contributed by atoms with van der Waals surface area (Å²) in [5.41, 5.74) is -0.649. The van der Waals surface area contributed by atoms with Gasteiger partial charge in [-0.1, -0.05) is 25.7 Å². The zero-order chi connectivity index (χ0) is 9.90. The molecule has 1 aliphatic rings. The third-order valence-electron chi connectivity index (χ3n) is 3.41. The number of hydrogen-bond acceptors (Lipinski definition) is 2. The molecule has 1 aliphatic carbocycles. The minimum absolute atomic E-state index is 0.0619. The van der Waals surface area contributed by atoms with Crippen molar-refractivity contribution in [3.05, 3.63) is 0 Å². The molecule has 0 aromatic heterocycles. The van der Waals surface area contributed by atoms with Gasteiger partial charge in [-0.25, -0.2) is 0 Å². The average Bonchev–Trinajstić information content (AvgIpc) is 2.54. The molecule has 1 fully saturated rings. The number of aliphatic hydroxyl groups is 1. The standard InChI is InChI=1S/C11H22O2/c1-9(13-3)11(2,12)8-10-6-4-5-7-10/h9-10,12H,4-8H2,1-3H3. The molecule has 0 aliphatic heterocycles. The molecular weight excluding hydrogens is 164 g/mol. The van der Waals surface area contributed by atoms with Gasteiger partial charge >= 0.3 is 0 Å². The fourth-order valence-corrected chi connectivity index (χ4v) is 2.22. The van der Waals surface area contributed by atoms with Crippen molar-refractivity contribution >= 4 is 0 Å². The molecule has 0 spiro atoms. The molecule has 1 N–H and O–H groups in total. The highest BCUT2D eigenvalue weighted by molar-refractivity contribution is 4.84. The van der Waals surface area contributed by atoms with Crippen molar-refractivity contribution in [1.82, 2.24) is 0 Å². The van der Waals surface area contributed by atoms with Crippen molar-refractivity contribution in [2.45, 2.75) is 57.7 Å². The first-order valence-electron chi connectivity index (χ1n) is 5.31. The van der Waals surface area contributed by atoms with Crippen molar-refractivity contribution in [1.29, 1.82) is 0 Å². The Morgan fingerprint density at radius 2 is 2.00 bits per heavy atom. The molecule has 1 rings (SSSR count). The molecule has 2 heteroatoms. The third-order valence-corrected chi connectivity index (χ3v) is 3.41. The minimum Gasteiger partial charge on any atom is -0.387 e. The number of rotatable bonds is 4. The second kappa shape index (κ2) is 4.43. The van der Waals surface area contributed by atoms with Crippen LogP contribution in [0, 0.1) is 5.92 Å². The van der Waals surface area contributed by atoms with Crippen molar-refractivity contribution < 1.29 is 9.84 Å². The summed E-state index contributed by atoms with van der Waals surface area (Å²) in [7, 11) is 1.66. The molecule has 0 aromatic carbocycles. The predicted molar refractivity (Wildman–Crippen MR) is 53.7 cm³/mol. The molecule has 13 heavy (non-hydrogen) atoms. The van der Waals surface area contributed by atoms with Gasteiger partial charge in [0.1, 0.15) is 0 Å². The summed E-state index contributed by atoms with van der Waals surface area (Å²) in [6.07, 6.45) is 6.07. The van der Waals surface area contributed by atoms with Crippen LogP contribution in [0.5, 0.6) is 0 Å². The Morgan fingerprint density at radius 3 is 2.46 bits per heavy atom. The van der Waals surface area contributed by atoms with Crippen LogP contribution in [0.2, 0.25) is 0 Å². The Balaban J connectivity index is 2.40. The first kappa shape index (κ1) is 11.0. The van der Waals surface area contributed by atoms with E-state index < -0.39 is 5.60 Å². The van der Waals surface area contributed by atoms with Gasteiger partial charge in [0, 0.05) is 7.11 Å². The normalized spacial score (nSPS) is 25.8. The van der Waals surface area contributed by atoms with E-state index in [2.05, 4.69) is 0 Å². The van der Waals surface area contributed by atoms with Crippen LogP contribution in [0.15, 0.2) is 0 Å². The van der Waals surface area contributed by atoms with Crippen molar-refractivity contribution in [2.24, 2.45) is 5.92 Å². The maximum absolute atomic E-state index is 10.1. The van der Waals surface area contributed by atoms with E-state index in [9.17, 15) is 5.11 Å². The van der Waals surface area contributed by atoms with E-state index >= 15 is 0 Å². The predicted octanol–water partition coefficient (Wildman–Crippen LogP) is 2.35. The lowest BCUT2D eigenvalue weighted by atomic mass is 9.87. The highest BCUT2D eigenvalue weighted by Gasteiger charge is 2.32. The van der Waals surface area contributed by atoms with Crippen LogP contribution in [0.25, 0.3) is 0 Å². The molecule has 0 aromatic rings. The molecule has 2 nitrogen and oxygen atoms in total. The molecule has 0 radical (unpaired) electrons. The van der Waals surface area contributed by atoms with E-state index in [1.54, 1.807) is 7.11 Å². The number of ether oxygens (including phenoxy) is 1. The largest absolute Gasteiger partial charge is 0.387 e. The molecule has 0 heterocycles. The van der Waals surface area contributed by atoms with E-state index in [-0.39, 0.29) is 6.10 Å². The van der Waals surface area contributed by atoms with E-state index in [4.69, 9.17) is 4.74 Å². The second-order valence-corrected chi connectivity index (χ2v) is 4.59. The molecule has 1 saturated carbocycles. The smallest absolute Gasteiger partial charge is 0.0880 e. The summed E-state index contributed by atoms with van der Waals surface area (Å²) in [4.78, 5) is 0. The average molecular weight is 186 g/mol. The topological polar surface area (TPSA) is 29.5 Å². The monoisotopic (exact) mass is 186 g/mol. The minimum atomic E-state index is -0.649.